The number of hydrogen-bond acceptors (Lipinski definition) is 7. The summed E-state index contributed by atoms with van der Waals surface area (Å²) in [4.78, 5) is 57.1. The molecule has 1 aromatic carbocycles. The third-order valence-electron chi connectivity index (χ3n) is 3.42. The van der Waals surface area contributed by atoms with Crippen molar-refractivity contribution in [3.63, 3.8) is 0 Å². The molecule has 0 radical (unpaired) electrons. The lowest BCUT2D eigenvalue weighted by molar-refractivity contribution is -0.384. The summed E-state index contributed by atoms with van der Waals surface area (Å²) >= 11 is 0. The summed E-state index contributed by atoms with van der Waals surface area (Å²) < 4.78 is 6.68. The van der Waals surface area contributed by atoms with E-state index in [2.05, 4.69) is 5.32 Å². The van der Waals surface area contributed by atoms with Gasteiger partial charge >= 0.3 is 11.7 Å². The Bertz CT molecular complexity index is 1010. The van der Waals surface area contributed by atoms with E-state index >= 15 is 0 Å². The predicted octanol–water partition coefficient (Wildman–Crippen LogP) is -0.212. The first-order chi connectivity index (χ1) is 12.2. The van der Waals surface area contributed by atoms with Gasteiger partial charge in [0.2, 0.25) is 0 Å². The van der Waals surface area contributed by atoms with E-state index in [-0.39, 0.29) is 17.1 Å². The van der Waals surface area contributed by atoms with Crippen molar-refractivity contribution in [2.24, 2.45) is 14.1 Å². The lowest BCUT2D eigenvalue weighted by Gasteiger charge is -2.11. The van der Waals surface area contributed by atoms with E-state index in [1.54, 1.807) is 0 Å². The maximum Gasteiger partial charge on any atom is 0.338 e. The Morgan fingerprint density at radius 1 is 1.19 bits per heavy atom. The number of anilines is 1. The lowest BCUT2D eigenvalue weighted by Crippen LogP contribution is -2.38. The summed E-state index contributed by atoms with van der Waals surface area (Å²) in [5, 5.41) is 13.0. The maximum atomic E-state index is 11.9. The number of esters is 1. The number of carbonyl (C=O) groups is 2. The minimum absolute atomic E-state index is 0.0607. The molecular formula is C15H14N4O7. The molecule has 0 atom stereocenters. The van der Waals surface area contributed by atoms with Crippen molar-refractivity contribution in [2.45, 2.75) is 0 Å². The number of nitro benzene ring substituents is 1. The molecule has 0 aliphatic rings. The van der Waals surface area contributed by atoms with Crippen LogP contribution in [0.5, 0.6) is 0 Å². The van der Waals surface area contributed by atoms with Crippen LogP contribution in [0.2, 0.25) is 0 Å². The Morgan fingerprint density at radius 3 is 2.54 bits per heavy atom. The van der Waals surface area contributed by atoms with Crippen LogP contribution in [0, 0.1) is 10.1 Å². The first-order valence-corrected chi connectivity index (χ1v) is 7.19. The molecule has 11 nitrogen and oxygen atoms in total. The maximum absolute atomic E-state index is 11.9. The molecular weight excluding hydrogens is 348 g/mol. The molecule has 1 N–H and O–H groups in total. The number of nitrogens with zero attached hydrogens (tertiary/aromatic N) is 3. The minimum Gasteiger partial charge on any atom is -0.452 e. The van der Waals surface area contributed by atoms with Gasteiger partial charge in [0.05, 0.1) is 10.5 Å². The minimum atomic E-state index is -0.929. The average Bonchev–Trinajstić information content (AvgIpc) is 2.62. The second-order valence-electron chi connectivity index (χ2n) is 5.20. The quantitative estimate of drug-likeness (QED) is 0.440. The summed E-state index contributed by atoms with van der Waals surface area (Å²) in [6, 6.07) is 5.88. The molecule has 2 aromatic rings. The van der Waals surface area contributed by atoms with Gasteiger partial charge in [0.15, 0.2) is 6.61 Å². The molecule has 0 saturated heterocycles. The van der Waals surface area contributed by atoms with Crippen molar-refractivity contribution in [3.8, 4) is 0 Å². The molecule has 0 spiro atoms. The van der Waals surface area contributed by atoms with E-state index in [0.29, 0.717) is 0 Å². The van der Waals surface area contributed by atoms with Crippen LogP contribution in [0.4, 0.5) is 11.5 Å². The zero-order valence-corrected chi connectivity index (χ0v) is 13.8. The SMILES string of the molecule is Cn1c(NC(=O)COC(=O)c2cccc([N+](=O)[O-])c2)cc(=O)n(C)c1=O. The van der Waals surface area contributed by atoms with Gasteiger partial charge < -0.3 is 10.1 Å². The highest BCUT2D eigenvalue weighted by atomic mass is 16.6. The highest BCUT2D eigenvalue weighted by molar-refractivity contribution is 5.95. The third kappa shape index (κ3) is 4.01. The number of nitrogens with one attached hydrogen (secondary N) is 1. The molecule has 0 aliphatic heterocycles. The van der Waals surface area contributed by atoms with Gasteiger partial charge in [-0.25, -0.2) is 9.59 Å². The molecule has 1 heterocycles. The standard InChI is InChI=1S/C15H14N4O7/c1-17-11(7-13(21)18(2)15(17)23)16-12(20)8-26-14(22)9-4-3-5-10(6-9)19(24)25/h3-7H,8H2,1-2H3,(H,16,20). The topological polar surface area (TPSA) is 143 Å². The van der Waals surface area contributed by atoms with Gasteiger partial charge in [0.1, 0.15) is 5.82 Å². The van der Waals surface area contributed by atoms with Gasteiger partial charge in [0.25, 0.3) is 17.2 Å². The van der Waals surface area contributed by atoms with Gasteiger partial charge in [-0.15, -0.1) is 0 Å². The van der Waals surface area contributed by atoms with Crippen LogP contribution < -0.4 is 16.6 Å². The van der Waals surface area contributed by atoms with Crippen molar-refractivity contribution < 1.29 is 19.2 Å². The largest absolute Gasteiger partial charge is 0.452 e. The Kier molecular flexibility index (Phi) is 5.30. The molecule has 0 unspecified atom stereocenters. The van der Waals surface area contributed by atoms with Crippen molar-refractivity contribution in [1.82, 2.24) is 9.13 Å². The first kappa shape index (κ1) is 18.6. The highest BCUT2D eigenvalue weighted by Crippen LogP contribution is 2.13. The lowest BCUT2D eigenvalue weighted by atomic mass is 10.2. The highest BCUT2D eigenvalue weighted by Gasteiger charge is 2.15. The fourth-order valence-electron chi connectivity index (χ4n) is 1.99. The first-order valence-electron chi connectivity index (χ1n) is 7.19. The molecule has 0 aliphatic carbocycles. The average molecular weight is 362 g/mol. The number of aromatic nitrogens is 2. The third-order valence-corrected chi connectivity index (χ3v) is 3.42. The van der Waals surface area contributed by atoms with Gasteiger partial charge in [0, 0.05) is 32.3 Å². The van der Waals surface area contributed by atoms with E-state index < -0.39 is 34.7 Å². The number of nitro groups is 1. The fourth-order valence-corrected chi connectivity index (χ4v) is 1.99. The Morgan fingerprint density at radius 2 is 1.88 bits per heavy atom. The number of hydrogen-bond donors (Lipinski definition) is 1. The van der Waals surface area contributed by atoms with E-state index in [0.717, 1.165) is 21.3 Å². The number of benzene rings is 1. The van der Waals surface area contributed by atoms with E-state index in [4.69, 9.17) is 4.74 Å². The Balaban J connectivity index is 2.05. The molecule has 0 fully saturated rings. The zero-order valence-electron chi connectivity index (χ0n) is 13.8. The Hall–Kier alpha value is -3.76. The number of rotatable bonds is 5. The zero-order chi connectivity index (χ0) is 19.4. The molecule has 11 heteroatoms. The van der Waals surface area contributed by atoms with Crippen molar-refractivity contribution in [2.75, 3.05) is 11.9 Å². The summed E-state index contributed by atoms with van der Waals surface area (Å²) in [7, 11) is 2.64. The van der Waals surface area contributed by atoms with Crippen molar-refractivity contribution >= 4 is 23.4 Å². The molecule has 1 amide bonds. The molecule has 0 saturated carbocycles. The summed E-state index contributed by atoms with van der Waals surface area (Å²) in [6.07, 6.45) is 0. The van der Waals surface area contributed by atoms with Gasteiger partial charge in [-0.2, -0.15) is 0 Å². The summed E-state index contributed by atoms with van der Waals surface area (Å²) in [6.45, 7) is -0.703. The summed E-state index contributed by atoms with van der Waals surface area (Å²) in [5.41, 5.74) is -1.63. The molecule has 2 rings (SSSR count). The van der Waals surface area contributed by atoms with Crippen LogP contribution in [-0.2, 0) is 23.6 Å². The fraction of sp³-hybridized carbons (Fsp3) is 0.200. The van der Waals surface area contributed by atoms with Crippen molar-refractivity contribution in [1.29, 1.82) is 0 Å². The van der Waals surface area contributed by atoms with Crippen LogP contribution in [-0.4, -0.2) is 32.5 Å². The van der Waals surface area contributed by atoms with Gasteiger partial charge in [-0.1, -0.05) is 6.07 Å². The van der Waals surface area contributed by atoms with Gasteiger partial charge in [-0.3, -0.25) is 28.8 Å². The van der Waals surface area contributed by atoms with E-state index in [1.807, 2.05) is 0 Å². The number of amides is 1. The van der Waals surface area contributed by atoms with Crippen LogP contribution >= 0.6 is 0 Å². The summed E-state index contributed by atoms with van der Waals surface area (Å²) in [5.74, 6) is -1.77. The Labute approximate surface area is 145 Å². The molecule has 136 valence electrons. The van der Waals surface area contributed by atoms with Crippen LogP contribution in [0.1, 0.15) is 10.4 Å². The smallest absolute Gasteiger partial charge is 0.338 e. The van der Waals surface area contributed by atoms with Crippen LogP contribution in [0.3, 0.4) is 0 Å². The number of ether oxygens (including phenoxy) is 1. The van der Waals surface area contributed by atoms with Crippen molar-refractivity contribution in [3.05, 3.63) is 66.8 Å². The molecule has 0 bridgehead atoms. The van der Waals surface area contributed by atoms with Gasteiger partial charge in [-0.05, 0) is 6.07 Å². The van der Waals surface area contributed by atoms with Crippen LogP contribution in [0.25, 0.3) is 0 Å². The second-order valence-corrected chi connectivity index (χ2v) is 5.20. The normalized spacial score (nSPS) is 10.2. The van der Waals surface area contributed by atoms with Crippen LogP contribution in [0.15, 0.2) is 39.9 Å². The second kappa shape index (κ2) is 7.42. The predicted molar refractivity (Wildman–Crippen MR) is 88.9 cm³/mol. The number of non-ortho nitro benzene ring substituents is 1. The van der Waals surface area contributed by atoms with E-state index in [1.165, 1.54) is 32.3 Å². The molecule has 26 heavy (non-hydrogen) atoms. The van der Waals surface area contributed by atoms with E-state index in [9.17, 15) is 29.3 Å². The number of carbonyl (C=O) groups excluding carboxylic acids is 2. The molecule has 1 aromatic heterocycles. The monoisotopic (exact) mass is 362 g/mol.